The standard InChI is InChI=1S/C14H28N2/c1-13(2)7-8-14(10-13,11-15)16(3)9-12-5-4-6-12/h12H,4-11,15H2,1-3H3. The molecule has 0 aromatic rings. The van der Waals surface area contributed by atoms with Crippen LogP contribution >= 0.6 is 0 Å². The van der Waals surface area contributed by atoms with E-state index in [4.69, 9.17) is 5.73 Å². The van der Waals surface area contributed by atoms with E-state index >= 15 is 0 Å². The zero-order valence-electron chi connectivity index (χ0n) is 11.3. The van der Waals surface area contributed by atoms with E-state index in [9.17, 15) is 0 Å². The van der Waals surface area contributed by atoms with Crippen molar-refractivity contribution in [3.05, 3.63) is 0 Å². The van der Waals surface area contributed by atoms with Gasteiger partial charge in [0.25, 0.3) is 0 Å². The number of rotatable bonds is 4. The highest BCUT2D eigenvalue weighted by Crippen LogP contribution is 2.46. The van der Waals surface area contributed by atoms with Crippen LogP contribution in [0.5, 0.6) is 0 Å². The topological polar surface area (TPSA) is 29.3 Å². The Hall–Kier alpha value is -0.0800. The maximum absolute atomic E-state index is 6.08. The third-order valence-electron chi connectivity index (χ3n) is 5.02. The molecule has 2 aliphatic rings. The van der Waals surface area contributed by atoms with Gasteiger partial charge in [-0.2, -0.15) is 0 Å². The van der Waals surface area contributed by atoms with Gasteiger partial charge in [0.2, 0.25) is 0 Å². The van der Waals surface area contributed by atoms with Crippen molar-refractivity contribution >= 4 is 0 Å². The van der Waals surface area contributed by atoms with E-state index in [1.165, 1.54) is 45.1 Å². The summed E-state index contributed by atoms with van der Waals surface area (Å²) in [6.45, 7) is 6.89. The summed E-state index contributed by atoms with van der Waals surface area (Å²) in [6.07, 6.45) is 8.22. The molecule has 0 radical (unpaired) electrons. The van der Waals surface area contributed by atoms with Crippen LogP contribution in [0.4, 0.5) is 0 Å². The molecular formula is C14H28N2. The van der Waals surface area contributed by atoms with Crippen molar-refractivity contribution < 1.29 is 0 Å². The average molecular weight is 224 g/mol. The second-order valence-electron chi connectivity index (χ2n) is 6.95. The number of hydrogen-bond acceptors (Lipinski definition) is 2. The van der Waals surface area contributed by atoms with E-state index in [0.717, 1.165) is 12.5 Å². The lowest BCUT2D eigenvalue weighted by Gasteiger charge is -2.42. The van der Waals surface area contributed by atoms with Gasteiger partial charge in [0.1, 0.15) is 0 Å². The van der Waals surface area contributed by atoms with Gasteiger partial charge >= 0.3 is 0 Å². The third-order valence-corrected chi connectivity index (χ3v) is 5.02. The van der Waals surface area contributed by atoms with Crippen molar-refractivity contribution in [2.45, 2.75) is 57.9 Å². The fourth-order valence-electron chi connectivity index (χ4n) is 3.55. The average Bonchev–Trinajstić information content (AvgIpc) is 2.49. The van der Waals surface area contributed by atoms with Gasteiger partial charge < -0.3 is 5.73 Å². The highest BCUT2D eigenvalue weighted by molar-refractivity contribution is 5.01. The molecular weight excluding hydrogens is 196 g/mol. The second kappa shape index (κ2) is 4.30. The summed E-state index contributed by atoms with van der Waals surface area (Å²) in [5.74, 6) is 0.956. The van der Waals surface area contributed by atoms with Gasteiger partial charge in [0, 0.05) is 18.6 Å². The molecule has 0 saturated heterocycles. The van der Waals surface area contributed by atoms with Crippen LogP contribution in [0, 0.1) is 11.3 Å². The zero-order valence-corrected chi connectivity index (χ0v) is 11.3. The minimum Gasteiger partial charge on any atom is -0.329 e. The first-order valence-electron chi connectivity index (χ1n) is 6.89. The lowest BCUT2D eigenvalue weighted by atomic mass is 9.82. The molecule has 0 aliphatic heterocycles. The molecule has 0 aromatic carbocycles. The van der Waals surface area contributed by atoms with Crippen molar-refractivity contribution in [1.29, 1.82) is 0 Å². The highest BCUT2D eigenvalue weighted by atomic mass is 15.2. The Morgan fingerprint density at radius 1 is 1.25 bits per heavy atom. The summed E-state index contributed by atoms with van der Waals surface area (Å²) < 4.78 is 0. The molecule has 2 nitrogen and oxygen atoms in total. The van der Waals surface area contributed by atoms with Gasteiger partial charge in [-0.05, 0) is 50.5 Å². The van der Waals surface area contributed by atoms with Crippen LogP contribution in [0.25, 0.3) is 0 Å². The Morgan fingerprint density at radius 2 is 1.94 bits per heavy atom. The van der Waals surface area contributed by atoms with Crippen LogP contribution < -0.4 is 5.73 Å². The maximum Gasteiger partial charge on any atom is 0.0334 e. The van der Waals surface area contributed by atoms with Gasteiger partial charge in [-0.3, -0.25) is 4.90 Å². The van der Waals surface area contributed by atoms with E-state index in [-0.39, 0.29) is 0 Å². The number of hydrogen-bond donors (Lipinski definition) is 1. The van der Waals surface area contributed by atoms with Gasteiger partial charge in [-0.15, -0.1) is 0 Å². The predicted molar refractivity (Wildman–Crippen MR) is 69.4 cm³/mol. The Bertz CT molecular complexity index is 245. The van der Waals surface area contributed by atoms with Crippen molar-refractivity contribution in [2.75, 3.05) is 20.1 Å². The SMILES string of the molecule is CN(CC1CCC1)C1(CN)CCC(C)(C)C1. The van der Waals surface area contributed by atoms with Crippen LogP contribution in [-0.4, -0.2) is 30.6 Å². The molecule has 0 bridgehead atoms. The van der Waals surface area contributed by atoms with E-state index in [0.29, 0.717) is 11.0 Å². The number of nitrogens with two attached hydrogens (primary N) is 1. The fraction of sp³-hybridized carbons (Fsp3) is 1.00. The van der Waals surface area contributed by atoms with E-state index in [1.54, 1.807) is 0 Å². The molecule has 16 heavy (non-hydrogen) atoms. The van der Waals surface area contributed by atoms with Crippen LogP contribution in [0.2, 0.25) is 0 Å². The molecule has 0 aromatic heterocycles. The molecule has 2 saturated carbocycles. The van der Waals surface area contributed by atoms with Crippen molar-refractivity contribution in [3.8, 4) is 0 Å². The molecule has 2 rings (SSSR count). The van der Waals surface area contributed by atoms with Crippen LogP contribution in [0.15, 0.2) is 0 Å². The molecule has 2 N–H and O–H groups in total. The molecule has 2 aliphatic carbocycles. The molecule has 1 unspecified atom stereocenters. The molecule has 2 fully saturated rings. The highest BCUT2D eigenvalue weighted by Gasteiger charge is 2.45. The fourth-order valence-corrected chi connectivity index (χ4v) is 3.55. The summed E-state index contributed by atoms with van der Waals surface area (Å²) in [7, 11) is 2.30. The third kappa shape index (κ3) is 2.28. The maximum atomic E-state index is 6.08. The number of likely N-dealkylation sites (N-methyl/N-ethyl adjacent to an activating group) is 1. The zero-order chi connectivity index (χ0) is 11.8. The first kappa shape index (κ1) is 12.4. The van der Waals surface area contributed by atoms with Crippen molar-refractivity contribution in [1.82, 2.24) is 4.90 Å². The van der Waals surface area contributed by atoms with Gasteiger partial charge in [0.15, 0.2) is 0 Å². The van der Waals surface area contributed by atoms with E-state index in [2.05, 4.69) is 25.8 Å². The monoisotopic (exact) mass is 224 g/mol. The molecule has 0 amide bonds. The Morgan fingerprint density at radius 3 is 2.31 bits per heavy atom. The first-order chi connectivity index (χ1) is 7.47. The summed E-state index contributed by atoms with van der Waals surface area (Å²) in [5.41, 5.74) is 6.88. The van der Waals surface area contributed by atoms with Crippen molar-refractivity contribution in [3.63, 3.8) is 0 Å². The summed E-state index contributed by atoms with van der Waals surface area (Å²) >= 11 is 0. The molecule has 0 heterocycles. The summed E-state index contributed by atoms with van der Waals surface area (Å²) in [6, 6.07) is 0. The Kier molecular flexibility index (Phi) is 3.33. The van der Waals surface area contributed by atoms with Crippen molar-refractivity contribution in [2.24, 2.45) is 17.1 Å². The Labute approximate surface area is 101 Å². The predicted octanol–water partition coefficient (Wildman–Crippen LogP) is 2.63. The van der Waals surface area contributed by atoms with E-state index in [1.807, 2.05) is 0 Å². The van der Waals surface area contributed by atoms with E-state index < -0.39 is 0 Å². The van der Waals surface area contributed by atoms with Crippen LogP contribution in [0.3, 0.4) is 0 Å². The minimum absolute atomic E-state index is 0.305. The van der Waals surface area contributed by atoms with Crippen LogP contribution in [-0.2, 0) is 0 Å². The molecule has 2 heteroatoms. The number of nitrogens with zero attached hydrogens (tertiary/aromatic N) is 1. The second-order valence-corrected chi connectivity index (χ2v) is 6.95. The Balaban J connectivity index is 1.97. The molecule has 1 atom stereocenters. The van der Waals surface area contributed by atoms with Crippen LogP contribution in [0.1, 0.15) is 52.4 Å². The molecule has 94 valence electrons. The van der Waals surface area contributed by atoms with Gasteiger partial charge in [0.05, 0.1) is 0 Å². The van der Waals surface area contributed by atoms with Gasteiger partial charge in [-0.25, -0.2) is 0 Å². The lowest BCUT2D eigenvalue weighted by Crippen LogP contribution is -2.52. The summed E-state index contributed by atoms with van der Waals surface area (Å²) in [4.78, 5) is 2.59. The normalized spacial score (nSPS) is 34.3. The summed E-state index contributed by atoms with van der Waals surface area (Å²) in [5, 5.41) is 0. The largest absolute Gasteiger partial charge is 0.329 e. The lowest BCUT2D eigenvalue weighted by molar-refractivity contribution is 0.0808. The van der Waals surface area contributed by atoms with Gasteiger partial charge in [-0.1, -0.05) is 20.3 Å². The quantitative estimate of drug-likeness (QED) is 0.795. The molecule has 0 spiro atoms. The minimum atomic E-state index is 0.305. The smallest absolute Gasteiger partial charge is 0.0334 e. The first-order valence-corrected chi connectivity index (χ1v) is 6.89.